The summed E-state index contributed by atoms with van der Waals surface area (Å²) in [6.07, 6.45) is 0.202. The number of hydrogen-bond acceptors (Lipinski definition) is 7. The summed E-state index contributed by atoms with van der Waals surface area (Å²) in [6, 6.07) is 20.1. The maximum absolute atomic E-state index is 11.1. The van der Waals surface area contributed by atoms with Gasteiger partial charge in [0.05, 0.1) is 30.9 Å². The molecule has 0 saturated heterocycles. The monoisotopic (exact) mass is 431 g/mol. The molecule has 0 bridgehead atoms. The smallest absolute Gasteiger partial charge is 0.269 e. The van der Waals surface area contributed by atoms with Crippen LogP contribution in [0.5, 0.6) is 17.2 Å². The normalized spacial score (nSPS) is 18.8. The molecule has 0 amide bonds. The van der Waals surface area contributed by atoms with E-state index in [4.69, 9.17) is 19.3 Å². The highest BCUT2D eigenvalue weighted by Gasteiger charge is 2.41. The standard InChI is InChI=1S/C24H21N3O5/c1-30-22-12-9-16(13-23(22)31-2)19-14-20-18-5-3-4-6-21(18)32-24(26(20)25-19)15-7-10-17(11-8-15)27(28)29/h3-13,20,24H,14H2,1-2H3/t20-,24-/m1/s1. The Labute approximate surface area is 184 Å². The molecular weight excluding hydrogens is 410 g/mol. The van der Waals surface area contributed by atoms with Gasteiger partial charge in [0, 0.05) is 35.2 Å². The molecule has 2 heterocycles. The second-order valence-corrected chi connectivity index (χ2v) is 7.57. The molecule has 2 aliphatic heterocycles. The zero-order valence-electron chi connectivity index (χ0n) is 17.6. The number of rotatable bonds is 5. The van der Waals surface area contributed by atoms with Crippen LogP contribution in [0.4, 0.5) is 5.69 Å². The summed E-state index contributed by atoms with van der Waals surface area (Å²) < 4.78 is 17.1. The first-order valence-corrected chi connectivity index (χ1v) is 10.2. The summed E-state index contributed by atoms with van der Waals surface area (Å²) in [6.45, 7) is 0. The van der Waals surface area contributed by atoms with Gasteiger partial charge in [-0.15, -0.1) is 0 Å². The van der Waals surface area contributed by atoms with Gasteiger partial charge in [-0.1, -0.05) is 18.2 Å². The van der Waals surface area contributed by atoms with E-state index in [1.54, 1.807) is 26.4 Å². The van der Waals surface area contributed by atoms with E-state index in [-0.39, 0.29) is 11.7 Å². The van der Waals surface area contributed by atoms with Gasteiger partial charge in [0.25, 0.3) is 5.69 Å². The highest BCUT2D eigenvalue weighted by atomic mass is 16.6. The summed E-state index contributed by atoms with van der Waals surface area (Å²) in [5.74, 6) is 2.09. The van der Waals surface area contributed by atoms with E-state index in [9.17, 15) is 10.1 Å². The Hall–Kier alpha value is -4.07. The van der Waals surface area contributed by atoms with Crippen molar-refractivity contribution in [3.63, 3.8) is 0 Å². The van der Waals surface area contributed by atoms with Gasteiger partial charge in [-0.05, 0) is 36.4 Å². The molecule has 32 heavy (non-hydrogen) atoms. The zero-order valence-corrected chi connectivity index (χ0v) is 17.6. The number of nitro groups is 1. The molecule has 0 aliphatic carbocycles. The largest absolute Gasteiger partial charge is 0.493 e. The fourth-order valence-electron chi connectivity index (χ4n) is 4.21. The number of non-ortho nitro benzene ring substituents is 1. The van der Waals surface area contributed by atoms with Gasteiger partial charge in [0.2, 0.25) is 6.23 Å². The Morgan fingerprint density at radius 3 is 2.50 bits per heavy atom. The van der Waals surface area contributed by atoms with Crippen LogP contribution < -0.4 is 14.2 Å². The number of hydrogen-bond donors (Lipinski definition) is 0. The molecule has 2 aliphatic rings. The lowest BCUT2D eigenvalue weighted by molar-refractivity contribution is -0.384. The van der Waals surface area contributed by atoms with Crippen LogP contribution in [0.3, 0.4) is 0 Å². The predicted molar refractivity (Wildman–Crippen MR) is 118 cm³/mol. The first-order chi connectivity index (χ1) is 15.6. The molecule has 8 nitrogen and oxygen atoms in total. The SMILES string of the molecule is COc1ccc(C2=NN3[C@H](C2)c2ccccc2O[C@@H]3c2ccc([N+](=O)[O-])cc2)cc1OC. The molecule has 0 saturated carbocycles. The molecule has 3 aromatic rings. The van der Waals surface area contributed by atoms with E-state index in [2.05, 4.69) is 0 Å². The molecular formula is C24H21N3O5. The van der Waals surface area contributed by atoms with Crippen molar-refractivity contribution in [3.8, 4) is 17.2 Å². The Morgan fingerprint density at radius 1 is 1.03 bits per heavy atom. The fourth-order valence-corrected chi connectivity index (χ4v) is 4.21. The maximum Gasteiger partial charge on any atom is 0.269 e. The highest BCUT2D eigenvalue weighted by Crippen LogP contribution is 2.47. The van der Waals surface area contributed by atoms with E-state index < -0.39 is 11.2 Å². The van der Waals surface area contributed by atoms with Crippen LogP contribution in [0.15, 0.2) is 71.8 Å². The Morgan fingerprint density at radius 2 is 1.78 bits per heavy atom. The molecule has 0 unspecified atom stereocenters. The molecule has 0 fully saturated rings. The van der Waals surface area contributed by atoms with E-state index in [0.29, 0.717) is 17.9 Å². The molecule has 3 aromatic carbocycles. The van der Waals surface area contributed by atoms with Crippen molar-refractivity contribution < 1.29 is 19.1 Å². The van der Waals surface area contributed by atoms with Crippen LogP contribution in [-0.4, -0.2) is 29.9 Å². The van der Waals surface area contributed by atoms with Gasteiger partial charge in [-0.3, -0.25) is 10.1 Å². The molecule has 0 N–H and O–H groups in total. The minimum Gasteiger partial charge on any atom is -0.493 e. The first-order valence-electron chi connectivity index (χ1n) is 10.2. The zero-order chi connectivity index (χ0) is 22.2. The second kappa shape index (κ2) is 7.88. The number of benzene rings is 3. The van der Waals surface area contributed by atoms with Gasteiger partial charge in [0.15, 0.2) is 11.5 Å². The van der Waals surface area contributed by atoms with Crippen molar-refractivity contribution in [2.75, 3.05) is 14.2 Å². The maximum atomic E-state index is 11.1. The number of methoxy groups -OCH3 is 2. The average molecular weight is 431 g/mol. The molecule has 2 atom stereocenters. The van der Waals surface area contributed by atoms with Crippen LogP contribution >= 0.6 is 0 Å². The predicted octanol–water partition coefficient (Wildman–Crippen LogP) is 4.85. The third-order valence-electron chi connectivity index (χ3n) is 5.80. The van der Waals surface area contributed by atoms with Crippen molar-refractivity contribution >= 4 is 11.4 Å². The van der Waals surface area contributed by atoms with Gasteiger partial charge < -0.3 is 14.2 Å². The summed E-state index contributed by atoms with van der Waals surface area (Å²) in [5.41, 5.74) is 3.75. The van der Waals surface area contributed by atoms with Crippen molar-refractivity contribution in [1.29, 1.82) is 0 Å². The lowest BCUT2D eigenvalue weighted by Crippen LogP contribution is -2.33. The Balaban J connectivity index is 1.55. The number of fused-ring (bicyclic) bond motifs is 3. The minimum absolute atomic E-state index is 0.0109. The van der Waals surface area contributed by atoms with Crippen molar-refractivity contribution in [3.05, 3.63) is 93.5 Å². The van der Waals surface area contributed by atoms with E-state index >= 15 is 0 Å². The second-order valence-electron chi connectivity index (χ2n) is 7.57. The molecule has 0 aromatic heterocycles. The Kier molecular flexibility index (Phi) is 4.89. The summed E-state index contributed by atoms with van der Waals surface area (Å²) >= 11 is 0. The molecule has 162 valence electrons. The molecule has 0 radical (unpaired) electrons. The van der Waals surface area contributed by atoms with Gasteiger partial charge in [-0.25, -0.2) is 5.01 Å². The average Bonchev–Trinajstić information content (AvgIpc) is 3.29. The molecule has 0 spiro atoms. The number of para-hydroxylation sites is 1. The highest BCUT2D eigenvalue weighted by molar-refractivity contribution is 6.02. The fraction of sp³-hybridized carbons (Fsp3) is 0.208. The van der Waals surface area contributed by atoms with Crippen LogP contribution in [0.2, 0.25) is 0 Å². The lowest BCUT2D eigenvalue weighted by Gasteiger charge is -2.38. The van der Waals surface area contributed by atoms with Crippen LogP contribution in [0, 0.1) is 10.1 Å². The summed E-state index contributed by atoms with van der Waals surface area (Å²) in [4.78, 5) is 10.6. The Bertz CT molecular complexity index is 1210. The topological polar surface area (TPSA) is 86.4 Å². The molecule has 8 heteroatoms. The first kappa shape index (κ1) is 19.9. The quantitative estimate of drug-likeness (QED) is 0.424. The van der Waals surface area contributed by atoms with Crippen LogP contribution in [0.1, 0.15) is 35.4 Å². The molecule has 5 rings (SSSR count). The van der Waals surface area contributed by atoms with Crippen LogP contribution in [-0.2, 0) is 0 Å². The minimum atomic E-state index is -0.492. The number of ether oxygens (including phenoxy) is 3. The van der Waals surface area contributed by atoms with E-state index in [0.717, 1.165) is 28.2 Å². The third kappa shape index (κ3) is 3.30. The summed E-state index contributed by atoms with van der Waals surface area (Å²) in [7, 11) is 3.21. The number of nitro benzene ring substituents is 1. The van der Waals surface area contributed by atoms with E-state index in [1.165, 1.54) is 12.1 Å². The van der Waals surface area contributed by atoms with Crippen molar-refractivity contribution in [2.45, 2.75) is 18.7 Å². The van der Waals surface area contributed by atoms with E-state index in [1.807, 2.05) is 47.5 Å². The third-order valence-corrected chi connectivity index (χ3v) is 5.80. The van der Waals surface area contributed by atoms with Crippen molar-refractivity contribution in [2.24, 2.45) is 5.10 Å². The van der Waals surface area contributed by atoms with Gasteiger partial charge >= 0.3 is 0 Å². The number of hydrazone groups is 1. The lowest BCUT2D eigenvalue weighted by atomic mass is 9.95. The van der Waals surface area contributed by atoms with Gasteiger partial charge in [-0.2, -0.15) is 5.10 Å². The van der Waals surface area contributed by atoms with Gasteiger partial charge in [0.1, 0.15) is 5.75 Å². The summed E-state index contributed by atoms with van der Waals surface area (Å²) in [5, 5.41) is 17.9. The van der Waals surface area contributed by atoms with Crippen molar-refractivity contribution in [1.82, 2.24) is 5.01 Å². The number of nitrogens with zero attached hydrogens (tertiary/aromatic N) is 3. The van der Waals surface area contributed by atoms with Crippen LogP contribution in [0.25, 0.3) is 0 Å².